The molecule has 0 aliphatic carbocycles. The molecule has 2 N–H and O–H groups in total. The van der Waals surface area contributed by atoms with Crippen LogP contribution in [0.4, 0.5) is 15.8 Å². The Morgan fingerprint density at radius 3 is 2.59 bits per heavy atom. The molecule has 0 saturated carbocycles. The van der Waals surface area contributed by atoms with Gasteiger partial charge < -0.3 is 10.4 Å². The second-order valence-corrected chi connectivity index (χ2v) is 9.32. The highest BCUT2D eigenvalue weighted by Crippen LogP contribution is 2.41. The molecular formula is C19H15FN2O4S. The lowest BCUT2D eigenvalue weighted by Crippen LogP contribution is -2.33. The zero-order valence-electron chi connectivity index (χ0n) is 14.4. The normalized spacial score (nSPS) is 17.1. The summed E-state index contributed by atoms with van der Waals surface area (Å²) in [4.78, 5) is 16.7. The van der Waals surface area contributed by atoms with E-state index < -0.39 is 26.2 Å². The summed E-state index contributed by atoms with van der Waals surface area (Å²) in [5, 5.41) is 12.9. The van der Waals surface area contributed by atoms with Gasteiger partial charge >= 0.3 is 0 Å². The molecule has 27 heavy (non-hydrogen) atoms. The molecule has 2 heterocycles. The van der Waals surface area contributed by atoms with Crippen molar-refractivity contribution in [2.24, 2.45) is 0 Å². The average Bonchev–Trinajstić information content (AvgIpc) is 2.74. The maximum absolute atomic E-state index is 14.0. The summed E-state index contributed by atoms with van der Waals surface area (Å²) in [5.41, 5.74) is 0.947. The van der Waals surface area contributed by atoms with Gasteiger partial charge in [0.1, 0.15) is 16.3 Å². The smallest absolute Gasteiger partial charge is 0.191 e. The highest BCUT2D eigenvalue weighted by atomic mass is 32.2. The number of nitrogens with zero attached hydrogens (tertiary/aromatic N) is 1. The van der Waals surface area contributed by atoms with Crippen LogP contribution in [0.5, 0.6) is 5.75 Å². The Kier molecular flexibility index (Phi) is 3.55. The van der Waals surface area contributed by atoms with Crippen molar-refractivity contribution in [3.8, 4) is 5.75 Å². The van der Waals surface area contributed by atoms with E-state index in [9.17, 15) is 22.7 Å². The number of carbonyl (C=O) groups excluding carboxylic acids is 1. The lowest BCUT2D eigenvalue weighted by molar-refractivity contribution is 0.0959. The molecule has 0 spiro atoms. The van der Waals surface area contributed by atoms with Crippen molar-refractivity contribution in [3.63, 3.8) is 0 Å². The van der Waals surface area contributed by atoms with Gasteiger partial charge in [-0.15, -0.1) is 0 Å². The van der Waals surface area contributed by atoms with Crippen LogP contribution >= 0.6 is 0 Å². The van der Waals surface area contributed by atoms with E-state index in [0.29, 0.717) is 16.6 Å². The van der Waals surface area contributed by atoms with E-state index in [4.69, 9.17) is 0 Å². The van der Waals surface area contributed by atoms with E-state index in [2.05, 4.69) is 10.3 Å². The topological polar surface area (TPSA) is 96.4 Å². The van der Waals surface area contributed by atoms with Crippen LogP contribution in [0.15, 0.2) is 47.5 Å². The lowest BCUT2D eigenvalue weighted by Gasteiger charge is -2.13. The van der Waals surface area contributed by atoms with Gasteiger partial charge in [-0.3, -0.25) is 9.78 Å². The number of fused-ring (bicyclic) bond motifs is 2. The third-order valence-electron chi connectivity index (χ3n) is 4.81. The molecule has 0 fully saturated rings. The number of pyridine rings is 1. The van der Waals surface area contributed by atoms with Crippen molar-refractivity contribution in [3.05, 3.63) is 54.0 Å². The maximum Gasteiger partial charge on any atom is 0.191 e. The minimum Gasteiger partial charge on any atom is -0.508 e. The van der Waals surface area contributed by atoms with Crippen molar-refractivity contribution >= 4 is 37.9 Å². The van der Waals surface area contributed by atoms with Crippen LogP contribution in [0.1, 0.15) is 24.2 Å². The van der Waals surface area contributed by atoms with Crippen LogP contribution in [0.25, 0.3) is 10.9 Å². The van der Waals surface area contributed by atoms with Gasteiger partial charge in [-0.25, -0.2) is 12.8 Å². The van der Waals surface area contributed by atoms with Gasteiger partial charge in [0.05, 0.1) is 16.1 Å². The third-order valence-corrected chi connectivity index (χ3v) is 7.26. The van der Waals surface area contributed by atoms with Crippen LogP contribution in [0, 0.1) is 5.82 Å². The Morgan fingerprint density at radius 2 is 1.85 bits per heavy atom. The van der Waals surface area contributed by atoms with Crippen molar-refractivity contribution in [2.45, 2.75) is 23.5 Å². The van der Waals surface area contributed by atoms with Gasteiger partial charge in [0.15, 0.2) is 15.6 Å². The highest BCUT2D eigenvalue weighted by molar-refractivity contribution is 7.94. The number of nitrogens with one attached hydrogen (secondary N) is 1. The van der Waals surface area contributed by atoms with E-state index in [-0.39, 0.29) is 21.9 Å². The Morgan fingerprint density at radius 1 is 1.11 bits per heavy atom. The SMILES string of the molecule is CC1(C)C(=O)c2cc3nccc(Nc4cc(O)ccc4F)c3cc2S1(=O)=O. The monoisotopic (exact) mass is 386 g/mol. The summed E-state index contributed by atoms with van der Waals surface area (Å²) >= 11 is 0. The van der Waals surface area contributed by atoms with Crippen molar-refractivity contribution < 1.29 is 22.7 Å². The molecule has 1 aliphatic rings. The molecule has 4 rings (SSSR count). The Labute approximate surface area is 154 Å². The number of phenols is 1. The van der Waals surface area contributed by atoms with E-state index >= 15 is 0 Å². The number of carbonyl (C=O) groups is 1. The first-order valence-corrected chi connectivity index (χ1v) is 9.59. The number of aromatic hydroxyl groups is 1. The number of halogens is 1. The number of phenolic OH excluding ortho intramolecular Hbond substituents is 1. The minimum atomic E-state index is -3.85. The van der Waals surface area contributed by atoms with Gasteiger partial charge in [-0.2, -0.15) is 0 Å². The average molecular weight is 386 g/mol. The van der Waals surface area contributed by atoms with Crippen molar-refractivity contribution in [2.75, 3.05) is 5.32 Å². The molecule has 0 bridgehead atoms. The summed E-state index contributed by atoms with van der Waals surface area (Å²) in [7, 11) is -3.85. The van der Waals surface area contributed by atoms with E-state index in [0.717, 1.165) is 6.07 Å². The molecule has 0 saturated heterocycles. The van der Waals surface area contributed by atoms with Crippen molar-refractivity contribution in [1.29, 1.82) is 0 Å². The minimum absolute atomic E-state index is 0.0299. The molecule has 8 heteroatoms. The molecular weight excluding hydrogens is 371 g/mol. The molecule has 6 nitrogen and oxygen atoms in total. The van der Waals surface area contributed by atoms with E-state index in [1.807, 2.05) is 0 Å². The first-order valence-electron chi connectivity index (χ1n) is 8.10. The fourth-order valence-corrected chi connectivity index (χ4v) is 4.77. The standard InChI is InChI=1S/C19H15FN2O4S/c1-19(2)18(24)12-8-15-11(9-17(12)27(19,25)26)14(5-6-21-15)22-16-7-10(23)3-4-13(16)20/h3-9,23H,1-2H3,(H,21,22). The predicted molar refractivity (Wildman–Crippen MR) is 98.7 cm³/mol. The van der Waals surface area contributed by atoms with Crippen LogP contribution < -0.4 is 5.32 Å². The molecule has 0 amide bonds. The molecule has 2 aromatic carbocycles. The lowest BCUT2D eigenvalue weighted by atomic mass is 9.99. The Balaban J connectivity index is 1.94. The number of rotatable bonds is 2. The van der Waals surface area contributed by atoms with E-state index in [1.165, 1.54) is 44.3 Å². The van der Waals surface area contributed by atoms with Crippen molar-refractivity contribution in [1.82, 2.24) is 4.98 Å². The molecule has 3 aromatic rings. The van der Waals surface area contributed by atoms with Crippen LogP contribution in [0.2, 0.25) is 0 Å². The summed E-state index contributed by atoms with van der Waals surface area (Å²) in [6.07, 6.45) is 1.47. The largest absolute Gasteiger partial charge is 0.508 e. The number of anilines is 2. The van der Waals surface area contributed by atoms with Gasteiger partial charge in [0.2, 0.25) is 0 Å². The molecule has 1 aliphatic heterocycles. The summed E-state index contributed by atoms with van der Waals surface area (Å²) in [6.45, 7) is 2.76. The first kappa shape index (κ1) is 17.4. The maximum atomic E-state index is 14.0. The fraction of sp³-hybridized carbons (Fsp3) is 0.158. The van der Waals surface area contributed by atoms with Crippen LogP contribution in [-0.4, -0.2) is 29.0 Å². The van der Waals surface area contributed by atoms with Crippen LogP contribution in [0.3, 0.4) is 0 Å². The number of ketones is 1. The second-order valence-electron chi connectivity index (χ2n) is 6.86. The zero-order valence-corrected chi connectivity index (χ0v) is 15.3. The molecule has 0 atom stereocenters. The van der Waals surface area contributed by atoms with Gasteiger partial charge in [-0.1, -0.05) is 0 Å². The second kappa shape index (κ2) is 5.50. The molecule has 138 valence electrons. The Bertz CT molecular complexity index is 1240. The summed E-state index contributed by atoms with van der Waals surface area (Å²) in [5.74, 6) is -1.17. The highest BCUT2D eigenvalue weighted by Gasteiger charge is 2.51. The quantitative estimate of drug-likeness (QED) is 0.699. The molecule has 0 radical (unpaired) electrons. The first-order chi connectivity index (χ1) is 12.6. The summed E-state index contributed by atoms with van der Waals surface area (Å²) < 4.78 is 38.0. The fourth-order valence-electron chi connectivity index (χ4n) is 3.16. The Hall–Kier alpha value is -3.00. The van der Waals surface area contributed by atoms with Gasteiger partial charge in [0.25, 0.3) is 0 Å². The number of Topliss-reactive ketones (excluding diaryl/α,β-unsaturated/α-hetero) is 1. The number of hydrogen-bond donors (Lipinski definition) is 2. The number of sulfone groups is 1. The zero-order chi connectivity index (χ0) is 19.6. The predicted octanol–water partition coefficient (Wildman–Crippen LogP) is 3.57. The van der Waals surface area contributed by atoms with Crippen LogP contribution in [-0.2, 0) is 9.84 Å². The number of hydrogen-bond acceptors (Lipinski definition) is 6. The number of aromatic nitrogens is 1. The third kappa shape index (κ3) is 2.40. The van der Waals surface area contributed by atoms with Gasteiger partial charge in [0, 0.05) is 28.9 Å². The number of benzene rings is 2. The van der Waals surface area contributed by atoms with Gasteiger partial charge in [-0.05, 0) is 44.2 Å². The summed E-state index contributed by atoms with van der Waals surface area (Å²) in [6, 6.07) is 7.96. The molecule has 0 unspecified atom stereocenters. The molecule has 1 aromatic heterocycles. The van der Waals surface area contributed by atoms with E-state index in [1.54, 1.807) is 6.07 Å².